The van der Waals surface area contributed by atoms with E-state index in [1.54, 1.807) is 54.4 Å². The SMILES string of the molecule is C=CCOC(=O)NCCC[C@H]1C(=O)N(Cc2ccc(Cl)c(Cl)c2)C[C@H]2N1C(=O)CN(C)N2C(=O)NCc1ccc(OC)cc1. The molecule has 2 aromatic carbocycles. The van der Waals surface area contributed by atoms with Crippen LogP contribution < -0.4 is 15.4 Å². The van der Waals surface area contributed by atoms with Crippen LogP contribution in [0.3, 0.4) is 0 Å². The molecule has 2 aliphatic rings. The van der Waals surface area contributed by atoms with Crippen LogP contribution in [0.5, 0.6) is 5.75 Å². The Morgan fingerprint density at radius 2 is 1.80 bits per heavy atom. The number of nitrogens with one attached hydrogen (secondary N) is 2. The number of rotatable bonds is 11. The summed E-state index contributed by atoms with van der Waals surface area (Å²) in [4.78, 5) is 55.9. The molecular weight excluding hydrogens is 611 g/mol. The van der Waals surface area contributed by atoms with Crippen molar-refractivity contribution in [2.75, 3.05) is 40.4 Å². The highest BCUT2D eigenvalue weighted by Crippen LogP contribution is 2.30. The molecular formula is C30H36Cl2N6O6. The van der Waals surface area contributed by atoms with Gasteiger partial charge in [-0.1, -0.05) is 54.1 Å². The van der Waals surface area contributed by atoms with Crippen molar-refractivity contribution in [3.05, 3.63) is 76.3 Å². The van der Waals surface area contributed by atoms with Gasteiger partial charge in [0.2, 0.25) is 11.8 Å². The third-order valence-electron chi connectivity index (χ3n) is 7.36. The number of ether oxygens (including phenoxy) is 2. The first-order valence-electron chi connectivity index (χ1n) is 14.1. The van der Waals surface area contributed by atoms with Gasteiger partial charge in [0.25, 0.3) is 0 Å². The van der Waals surface area contributed by atoms with Crippen LogP contribution in [-0.4, -0.2) is 96.4 Å². The van der Waals surface area contributed by atoms with Crippen LogP contribution >= 0.6 is 23.2 Å². The summed E-state index contributed by atoms with van der Waals surface area (Å²) in [7, 11) is 3.24. The predicted molar refractivity (Wildman–Crippen MR) is 165 cm³/mol. The van der Waals surface area contributed by atoms with Crippen LogP contribution in [0.1, 0.15) is 24.0 Å². The molecule has 5 amide bonds. The normalized spacial score (nSPS) is 18.5. The van der Waals surface area contributed by atoms with E-state index in [4.69, 9.17) is 32.7 Å². The smallest absolute Gasteiger partial charge is 0.407 e. The number of urea groups is 1. The van der Waals surface area contributed by atoms with E-state index in [-0.39, 0.29) is 57.6 Å². The molecule has 2 N–H and O–H groups in total. The Hall–Kier alpha value is -4.00. The zero-order valence-electron chi connectivity index (χ0n) is 24.6. The molecule has 2 saturated heterocycles. The fourth-order valence-electron chi connectivity index (χ4n) is 5.26. The quantitative estimate of drug-likeness (QED) is 0.282. The number of methoxy groups -OCH3 is 1. The number of nitrogens with zero attached hydrogens (tertiary/aromatic N) is 4. The van der Waals surface area contributed by atoms with Crippen LogP contribution in [0, 0.1) is 0 Å². The standard InChI is InChI=1S/C30H36Cl2N6O6/c1-4-14-44-30(42)33-13-5-6-25-28(40)36(17-21-9-12-23(31)24(32)15-21)18-26-37(25)27(39)19-35(2)38(26)29(41)34-16-20-7-10-22(43-3)11-8-20/h4,7-12,15,25-26H,1,5-6,13-14,16-19H2,2-3H3,(H,33,42)(H,34,41)/t25-,26-/m0/s1. The topological polar surface area (TPSA) is 124 Å². The largest absolute Gasteiger partial charge is 0.497 e. The zero-order valence-corrected chi connectivity index (χ0v) is 26.1. The molecule has 0 saturated carbocycles. The highest BCUT2D eigenvalue weighted by Gasteiger charge is 2.50. The molecule has 2 aliphatic heterocycles. The molecule has 4 rings (SSSR count). The van der Waals surface area contributed by atoms with Crippen molar-refractivity contribution < 1.29 is 28.7 Å². The van der Waals surface area contributed by atoms with Crippen molar-refractivity contribution in [2.24, 2.45) is 0 Å². The van der Waals surface area contributed by atoms with Crippen molar-refractivity contribution in [3.63, 3.8) is 0 Å². The lowest BCUT2D eigenvalue weighted by atomic mass is 10.0. The lowest BCUT2D eigenvalue weighted by Gasteiger charge is -2.54. The number of halogens is 2. The van der Waals surface area contributed by atoms with Gasteiger partial charge in [-0.2, -0.15) is 0 Å². The van der Waals surface area contributed by atoms with E-state index < -0.39 is 24.3 Å². The van der Waals surface area contributed by atoms with Gasteiger partial charge in [-0.25, -0.2) is 19.6 Å². The second-order valence-electron chi connectivity index (χ2n) is 10.4. The number of benzene rings is 2. The van der Waals surface area contributed by atoms with E-state index in [2.05, 4.69) is 17.2 Å². The number of hydrogen-bond donors (Lipinski definition) is 2. The van der Waals surface area contributed by atoms with Gasteiger partial charge in [0.1, 0.15) is 24.6 Å². The van der Waals surface area contributed by atoms with E-state index in [0.29, 0.717) is 22.2 Å². The maximum Gasteiger partial charge on any atom is 0.407 e. The average Bonchev–Trinajstić information content (AvgIpc) is 3.00. The van der Waals surface area contributed by atoms with Crippen LogP contribution in [0.25, 0.3) is 0 Å². The summed E-state index contributed by atoms with van der Waals surface area (Å²) in [5.41, 5.74) is 1.61. The summed E-state index contributed by atoms with van der Waals surface area (Å²) in [5.74, 6) is 0.162. The highest BCUT2D eigenvalue weighted by atomic mass is 35.5. The van der Waals surface area contributed by atoms with E-state index in [0.717, 1.165) is 11.1 Å². The molecule has 14 heteroatoms. The number of alkyl carbamates (subject to hydrolysis) is 1. The molecule has 0 spiro atoms. The van der Waals surface area contributed by atoms with Crippen LogP contribution in [0.15, 0.2) is 55.1 Å². The van der Waals surface area contributed by atoms with Crippen molar-refractivity contribution >= 4 is 47.1 Å². The number of carbonyl (C=O) groups is 4. The maximum atomic E-state index is 13.9. The van der Waals surface area contributed by atoms with Crippen molar-refractivity contribution in [1.29, 1.82) is 0 Å². The summed E-state index contributed by atoms with van der Waals surface area (Å²) in [5, 5.41) is 9.36. The molecule has 2 atom stereocenters. The third kappa shape index (κ3) is 7.93. The minimum Gasteiger partial charge on any atom is -0.497 e. The van der Waals surface area contributed by atoms with Gasteiger partial charge in [-0.3, -0.25) is 9.59 Å². The molecule has 2 aromatic rings. The van der Waals surface area contributed by atoms with E-state index in [1.165, 1.54) is 16.0 Å². The molecule has 2 heterocycles. The Bertz CT molecular complexity index is 1380. The molecule has 236 valence electrons. The van der Waals surface area contributed by atoms with E-state index in [1.807, 2.05) is 12.1 Å². The Labute approximate surface area is 266 Å². The predicted octanol–water partition coefficient (Wildman–Crippen LogP) is 3.63. The first-order valence-corrected chi connectivity index (χ1v) is 14.8. The summed E-state index contributed by atoms with van der Waals surface area (Å²) >= 11 is 12.3. The van der Waals surface area contributed by atoms with Gasteiger partial charge in [0.15, 0.2) is 0 Å². The van der Waals surface area contributed by atoms with Crippen molar-refractivity contribution in [3.8, 4) is 5.75 Å². The molecule has 0 aromatic heterocycles. The highest BCUT2D eigenvalue weighted by molar-refractivity contribution is 6.42. The molecule has 2 fully saturated rings. The van der Waals surface area contributed by atoms with E-state index in [9.17, 15) is 19.2 Å². The Morgan fingerprint density at radius 3 is 2.48 bits per heavy atom. The number of hydrazine groups is 1. The van der Waals surface area contributed by atoms with E-state index >= 15 is 0 Å². The molecule has 44 heavy (non-hydrogen) atoms. The maximum absolute atomic E-state index is 13.9. The van der Waals surface area contributed by atoms with Crippen LogP contribution in [0.2, 0.25) is 10.0 Å². The first-order chi connectivity index (χ1) is 21.1. The fraction of sp³-hybridized carbons (Fsp3) is 0.400. The third-order valence-corrected chi connectivity index (χ3v) is 8.10. The molecule has 0 radical (unpaired) electrons. The van der Waals surface area contributed by atoms with Crippen molar-refractivity contribution in [1.82, 2.24) is 30.5 Å². The fourth-order valence-corrected chi connectivity index (χ4v) is 5.58. The second kappa shape index (κ2) is 15.1. The summed E-state index contributed by atoms with van der Waals surface area (Å²) < 4.78 is 10.1. The lowest BCUT2D eigenvalue weighted by Crippen LogP contribution is -2.75. The number of hydrogen-bond acceptors (Lipinski definition) is 7. The average molecular weight is 648 g/mol. The van der Waals surface area contributed by atoms with Gasteiger partial charge in [-0.15, -0.1) is 0 Å². The van der Waals surface area contributed by atoms with Gasteiger partial charge in [0.05, 0.1) is 30.2 Å². The molecule has 0 unspecified atom stereocenters. The molecule has 12 nitrogen and oxygen atoms in total. The minimum atomic E-state index is -0.861. The second-order valence-corrected chi connectivity index (χ2v) is 11.2. The Kier molecular flexibility index (Phi) is 11.3. The zero-order chi connectivity index (χ0) is 31.8. The Morgan fingerprint density at radius 1 is 1.07 bits per heavy atom. The first kappa shape index (κ1) is 32.9. The monoisotopic (exact) mass is 646 g/mol. The van der Waals surface area contributed by atoms with Gasteiger partial charge in [-0.05, 0) is 48.2 Å². The summed E-state index contributed by atoms with van der Waals surface area (Å²) in [6, 6.07) is 11.2. The van der Waals surface area contributed by atoms with Gasteiger partial charge >= 0.3 is 12.1 Å². The summed E-state index contributed by atoms with van der Waals surface area (Å²) in [6.45, 7) is 4.24. The van der Waals surface area contributed by atoms with Crippen LogP contribution in [-0.2, 0) is 27.4 Å². The van der Waals surface area contributed by atoms with Crippen LogP contribution in [0.4, 0.5) is 9.59 Å². The number of piperazine rings is 1. The minimum absolute atomic E-state index is 0.0739. The summed E-state index contributed by atoms with van der Waals surface area (Å²) in [6.07, 6.45) is 0.727. The Balaban J connectivity index is 1.55. The van der Waals surface area contributed by atoms with Gasteiger partial charge in [0, 0.05) is 26.7 Å². The number of amides is 5. The number of carbonyl (C=O) groups excluding carboxylic acids is 4. The molecule has 0 bridgehead atoms. The molecule has 0 aliphatic carbocycles. The lowest BCUT2D eigenvalue weighted by molar-refractivity contribution is -0.188. The van der Waals surface area contributed by atoms with Crippen molar-refractivity contribution in [2.45, 2.75) is 38.1 Å². The van der Waals surface area contributed by atoms with Gasteiger partial charge < -0.3 is 29.9 Å². The number of fused-ring (bicyclic) bond motifs is 1. The number of likely N-dealkylation sites (N-methyl/N-ethyl adjacent to an activating group) is 1.